The summed E-state index contributed by atoms with van der Waals surface area (Å²) in [6.45, 7) is 0. The van der Waals surface area contributed by atoms with E-state index in [-0.39, 0.29) is 11.9 Å². The van der Waals surface area contributed by atoms with Crippen molar-refractivity contribution >= 4 is 21.4 Å². The molecule has 0 aliphatic heterocycles. The Morgan fingerprint density at radius 1 is 1.38 bits per heavy atom. The second-order valence-corrected chi connectivity index (χ2v) is 5.70. The number of hydrogen-bond donors (Lipinski definition) is 1. The molecule has 6 heteroatoms. The van der Waals surface area contributed by atoms with Gasteiger partial charge in [0, 0.05) is 28.5 Å². The molecule has 4 nitrogen and oxygen atoms in total. The lowest BCUT2D eigenvalue weighted by molar-refractivity contribution is 0.556. The van der Waals surface area contributed by atoms with E-state index >= 15 is 0 Å². The molecule has 3 rings (SSSR count). The van der Waals surface area contributed by atoms with Crippen LogP contribution in [0.25, 0.3) is 5.52 Å². The van der Waals surface area contributed by atoms with Crippen LogP contribution in [0.4, 0.5) is 4.39 Å². The molecule has 1 atom stereocenters. The number of hydrogen-bond acceptors (Lipinski definition) is 3. The van der Waals surface area contributed by atoms with E-state index in [0.717, 1.165) is 15.6 Å². The summed E-state index contributed by atoms with van der Waals surface area (Å²) in [7, 11) is 1.86. The highest BCUT2D eigenvalue weighted by Crippen LogP contribution is 2.24. The molecule has 1 N–H and O–H groups in total. The Labute approximate surface area is 130 Å². The second kappa shape index (κ2) is 5.91. The minimum Gasteiger partial charge on any atom is -0.313 e. The summed E-state index contributed by atoms with van der Waals surface area (Å²) in [6.07, 6.45) is 7.60. The third-order valence-electron chi connectivity index (χ3n) is 3.52. The van der Waals surface area contributed by atoms with Crippen molar-refractivity contribution in [2.75, 3.05) is 7.05 Å². The van der Waals surface area contributed by atoms with Crippen LogP contribution >= 0.6 is 15.9 Å². The molecule has 0 saturated heterocycles. The fourth-order valence-electron chi connectivity index (χ4n) is 2.40. The smallest absolute Gasteiger partial charge is 0.127 e. The molecule has 2 aromatic heterocycles. The first-order valence-corrected chi connectivity index (χ1v) is 7.37. The molecule has 21 heavy (non-hydrogen) atoms. The molecule has 0 fully saturated rings. The van der Waals surface area contributed by atoms with Crippen molar-refractivity contribution in [3.05, 3.63) is 64.4 Å². The van der Waals surface area contributed by atoms with Gasteiger partial charge < -0.3 is 5.32 Å². The van der Waals surface area contributed by atoms with Crippen molar-refractivity contribution in [1.29, 1.82) is 0 Å². The number of likely N-dealkylation sites (N-methyl/N-ethyl adjacent to an activating group) is 1. The Balaban J connectivity index is 1.95. The SMILES string of the molecule is CNC(Cc1ccc(Br)cc1F)c1cnn2ccncc12. The van der Waals surface area contributed by atoms with Crippen LogP contribution in [0.1, 0.15) is 17.2 Å². The van der Waals surface area contributed by atoms with Gasteiger partial charge in [-0.15, -0.1) is 0 Å². The molecule has 108 valence electrons. The minimum atomic E-state index is -0.209. The maximum atomic E-state index is 14.0. The Morgan fingerprint density at radius 3 is 3.00 bits per heavy atom. The molecule has 2 heterocycles. The van der Waals surface area contributed by atoms with Gasteiger partial charge in [0.15, 0.2) is 0 Å². The van der Waals surface area contributed by atoms with E-state index in [1.807, 2.05) is 13.1 Å². The van der Waals surface area contributed by atoms with Gasteiger partial charge in [0.05, 0.1) is 17.9 Å². The summed E-state index contributed by atoms with van der Waals surface area (Å²) in [6, 6.07) is 5.11. The molecule has 0 amide bonds. The lowest BCUT2D eigenvalue weighted by Crippen LogP contribution is -2.19. The zero-order chi connectivity index (χ0) is 14.8. The van der Waals surface area contributed by atoms with Crippen molar-refractivity contribution in [3.63, 3.8) is 0 Å². The number of nitrogens with one attached hydrogen (secondary N) is 1. The zero-order valence-electron chi connectivity index (χ0n) is 11.4. The predicted molar refractivity (Wildman–Crippen MR) is 82.6 cm³/mol. The van der Waals surface area contributed by atoms with E-state index in [1.165, 1.54) is 6.07 Å². The van der Waals surface area contributed by atoms with E-state index in [1.54, 1.807) is 35.4 Å². The molecule has 3 aromatic rings. The fraction of sp³-hybridized carbons (Fsp3) is 0.200. The topological polar surface area (TPSA) is 42.2 Å². The van der Waals surface area contributed by atoms with E-state index in [0.29, 0.717) is 12.0 Å². The molecule has 1 unspecified atom stereocenters. The first-order valence-electron chi connectivity index (χ1n) is 6.57. The van der Waals surface area contributed by atoms with Crippen molar-refractivity contribution < 1.29 is 4.39 Å². The lowest BCUT2D eigenvalue weighted by Gasteiger charge is -2.16. The lowest BCUT2D eigenvalue weighted by atomic mass is 10.00. The van der Waals surface area contributed by atoms with Crippen LogP contribution < -0.4 is 5.32 Å². The van der Waals surface area contributed by atoms with Gasteiger partial charge >= 0.3 is 0 Å². The van der Waals surface area contributed by atoms with Gasteiger partial charge in [0.2, 0.25) is 0 Å². The Kier molecular flexibility index (Phi) is 3.98. The van der Waals surface area contributed by atoms with Gasteiger partial charge in [0.25, 0.3) is 0 Å². The molecule has 0 bridgehead atoms. The fourth-order valence-corrected chi connectivity index (χ4v) is 2.73. The van der Waals surface area contributed by atoms with Gasteiger partial charge in [-0.25, -0.2) is 8.91 Å². The summed E-state index contributed by atoms with van der Waals surface area (Å²) in [5.74, 6) is -0.209. The first-order chi connectivity index (χ1) is 10.2. The molecule has 1 aromatic carbocycles. The van der Waals surface area contributed by atoms with Crippen LogP contribution in [-0.2, 0) is 6.42 Å². The average Bonchev–Trinajstić information content (AvgIpc) is 2.91. The molecule has 0 spiro atoms. The third kappa shape index (κ3) is 2.82. The summed E-state index contributed by atoms with van der Waals surface area (Å²) in [4.78, 5) is 4.13. The van der Waals surface area contributed by atoms with E-state index in [2.05, 4.69) is 31.3 Å². The van der Waals surface area contributed by atoms with Crippen molar-refractivity contribution in [1.82, 2.24) is 19.9 Å². The van der Waals surface area contributed by atoms with Crippen LogP contribution in [0.3, 0.4) is 0 Å². The van der Waals surface area contributed by atoms with Crippen LogP contribution in [0.2, 0.25) is 0 Å². The van der Waals surface area contributed by atoms with E-state index in [4.69, 9.17) is 0 Å². The van der Waals surface area contributed by atoms with Crippen LogP contribution in [0.5, 0.6) is 0 Å². The maximum Gasteiger partial charge on any atom is 0.127 e. The number of benzene rings is 1. The van der Waals surface area contributed by atoms with Crippen molar-refractivity contribution in [3.8, 4) is 0 Å². The first kappa shape index (κ1) is 14.2. The average molecular weight is 349 g/mol. The van der Waals surface area contributed by atoms with Crippen molar-refractivity contribution in [2.24, 2.45) is 0 Å². The normalized spacial score (nSPS) is 12.7. The highest BCUT2D eigenvalue weighted by molar-refractivity contribution is 9.10. The van der Waals surface area contributed by atoms with Gasteiger partial charge in [0.1, 0.15) is 5.82 Å². The second-order valence-electron chi connectivity index (χ2n) is 4.79. The predicted octanol–water partition coefficient (Wildman–Crippen LogP) is 3.13. The van der Waals surface area contributed by atoms with Gasteiger partial charge in [-0.2, -0.15) is 5.10 Å². The number of halogens is 2. The monoisotopic (exact) mass is 348 g/mol. The van der Waals surface area contributed by atoms with Crippen LogP contribution in [0.15, 0.2) is 47.5 Å². The van der Waals surface area contributed by atoms with Gasteiger partial charge in [-0.1, -0.05) is 22.0 Å². The van der Waals surface area contributed by atoms with Gasteiger partial charge in [-0.3, -0.25) is 4.98 Å². The van der Waals surface area contributed by atoms with E-state index < -0.39 is 0 Å². The molecule has 0 aliphatic carbocycles. The Morgan fingerprint density at radius 2 is 2.24 bits per heavy atom. The van der Waals surface area contributed by atoms with Crippen LogP contribution in [0, 0.1) is 5.82 Å². The standard InChI is InChI=1S/C15H14BrFN4/c1-18-14(6-10-2-3-11(16)7-13(10)17)12-8-20-21-5-4-19-9-15(12)21/h2-5,7-9,14,18H,6H2,1H3. The number of aromatic nitrogens is 3. The highest BCUT2D eigenvalue weighted by Gasteiger charge is 2.17. The molecule has 0 radical (unpaired) electrons. The van der Waals surface area contributed by atoms with Crippen molar-refractivity contribution in [2.45, 2.75) is 12.5 Å². The largest absolute Gasteiger partial charge is 0.313 e. The summed E-state index contributed by atoms with van der Waals surface area (Å²) < 4.78 is 16.5. The Bertz CT molecular complexity index is 771. The zero-order valence-corrected chi connectivity index (χ0v) is 13.0. The minimum absolute atomic E-state index is 0.0256. The molecule has 0 saturated carbocycles. The number of nitrogens with zero attached hydrogens (tertiary/aromatic N) is 3. The quantitative estimate of drug-likeness (QED) is 0.787. The number of rotatable bonds is 4. The van der Waals surface area contributed by atoms with Crippen LogP contribution in [-0.4, -0.2) is 21.6 Å². The Hall–Kier alpha value is -1.79. The summed E-state index contributed by atoms with van der Waals surface area (Å²) in [5.41, 5.74) is 2.60. The summed E-state index contributed by atoms with van der Waals surface area (Å²) in [5, 5.41) is 7.53. The van der Waals surface area contributed by atoms with E-state index in [9.17, 15) is 4.39 Å². The third-order valence-corrected chi connectivity index (χ3v) is 4.01. The molecular formula is C15H14BrFN4. The maximum absolute atomic E-state index is 14.0. The number of fused-ring (bicyclic) bond motifs is 1. The molecule has 0 aliphatic rings. The molecular weight excluding hydrogens is 335 g/mol. The summed E-state index contributed by atoms with van der Waals surface area (Å²) >= 11 is 3.27. The van der Waals surface area contributed by atoms with Gasteiger partial charge in [-0.05, 0) is 31.2 Å². The highest BCUT2D eigenvalue weighted by atomic mass is 79.9.